The lowest BCUT2D eigenvalue weighted by molar-refractivity contribution is -0.0382. The molecule has 0 saturated carbocycles. The molecule has 0 heterocycles. The Morgan fingerprint density at radius 1 is 1.11 bits per heavy atom. The molecule has 2 atom stereocenters. The molecular weight excluding hydrogens is 224 g/mol. The summed E-state index contributed by atoms with van der Waals surface area (Å²) in [7, 11) is 1.64. The summed E-state index contributed by atoms with van der Waals surface area (Å²) in [6.45, 7) is 11.0. The fourth-order valence-electron chi connectivity index (χ4n) is 1.83. The quantitative estimate of drug-likeness (QED) is 0.687. The molecule has 18 heavy (non-hydrogen) atoms. The van der Waals surface area contributed by atoms with Crippen molar-refractivity contribution >= 4 is 0 Å². The molecule has 0 aliphatic heterocycles. The molecule has 1 aromatic carbocycles. The van der Waals surface area contributed by atoms with Crippen molar-refractivity contribution in [3.8, 4) is 5.75 Å². The summed E-state index contributed by atoms with van der Waals surface area (Å²) in [6.07, 6.45) is 0.966. The van der Waals surface area contributed by atoms with Crippen LogP contribution in [-0.2, 0) is 4.74 Å². The number of rotatable bonds is 6. The lowest BCUT2D eigenvalue weighted by Crippen LogP contribution is -2.18. The average molecular weight is 250 g/mol. The summed E-state index contributed by atoms with van der Waals surface area (Å²) in [5, 5.41) is 0. The molecule has 0 amide bonds. The molecule has 0 aliphatic carbocycles. The van der Waals surface area contributed by atoms with Crippen molar-refractivity contribution < 1.29 is 9.47 Å². The minimum absolute atomic E-state index is 0.208. The standard InChI is InChI=1S/C16H26O2/c1-7-16(4,5)12(2)14-8-10-15(11-9-14)18-13(3)17-6/h8-13H,7H2,1-6H3. The molecule has 0 aromatic heterocycles. The zero-order chi connectivity index (χ0) is 13.8. The topological polar surface area (TPSA) is 18.5 Å². The van der Waals surface area contributed by atoms with E-state index >= 15 is 0 Å². The van der Waals surface area contributed by atoms with E-state index in [9.17, 15) is 0 Å². The Morgan fingerprint density at radius 3 is 2.11 bits per heavy atom. The Kier molecular flexibility index (Phi) is 5.21. The van der Waals surface area contributed by atoms with Crippen molar-refractivity contribution in [1.29, 1.82) is 0 Å². The summed E-state index contributed by atoms with van der Waals surface area (Å²) >= 11 is 0. The highest BCUT2D eigenvalue weighted by Gasteiger charge is 2.24. The van der Waals surface area contributed by atoms with Gasteiger partial charge in [0.05, 0.1) is 0 Å². The third-order valence-corrected chi connectivity index (χ3v) is 4.10. The van der Waals surface area contributed by atoms with Crippen LogP contribution in [0.3, 0.4) is 0 Å². The van der Waals surface area contributed by atoms with Crippen molar-refractivity contribution in [3.05, 3.63) is 29.8 Å². The number of ether oxygens (including phenoxy) is 2. The molecule has 0 fully saturated rings. The molecule has 2 nitrogen and oxygen atoms in total. The van der Waals surface area contributed by atoms with E-state index in [1.165, 1.54) is 12.0 Å². The summed E-state index contributed by atoms with van der Waals surface area (Å²) < 4.78 is 10.7. The normalized spacial score (nSPS) is 15.2. The third-order valence-electron chi connectivity index (χ3n) is 4.10. The highest BCUT2D eigenvalue weighted by Crippen LogP contribution is 2.38. The maximum absolute atomic E-state index is 5.59. The summed E-state index contributed by atoms with van der Waals surface area (Å²) in [6, 6.07) is 8.35. The zero-order valence-electron chi connectivity index (χ0n) is 12.5. The highest BCUT2D eigenvalue weighted by molar-refractivity contribution is 5.30. The van der Waals surface area contributed by atoms with Crippen molar-refractivity contribution in [2.75, 3.05) is 7.11 Å². The van der Waals surface area contributed by atoms with Crippen LogP contribution in [0.1, 0.15) is 52.5 Å². The van der Waals surface area contributed by atoms with Gasteiger partial charge in [-0.05, 0) is 36.0 Å². The largest absolute Gasteiger partial charge is 0.465 e. The third kappa shape index (κ3) is 3.74. The molecule has 0 N–H and O–H groups in total. The number of benzene rings is 1. The number of methoxy groups -OCH3 is 1. The summed E-state index contributed by atoms with van der Waals surface area (Å²) in [5.74, 6) is 1.39. The molecule has 0 saturated heterocycles. The van der Waals surface area contributed by atoms with Gasteiger partial charge in [0.15, 0.2) is 6.29 Å². The van der Waals surface area contributed by atoms with E-state index in [1.807, 2.05) is 19.1 Å². The molecule has 0 aliphatic rings. The van der Waals surface area contributed by atoms with Gasteiger partial charge in [-0.3, -0.25) is 0 Å². The second-order valence-electron chi connectivity index (χ2n) is 5.55. The van der Waals surface area contributed by atoms with Crippen LogP contribution in [0.15, 0.2) is 24.3 Å². The van der Waals surface area contributed by atoms with Gasteiger partial charge in [-0.15, -0.1) is 0 Å². The number of hydrogen-bond donors (Lipinski definition) is 0. The van der Waals surface area contributed by atoms with E-state index in [0.717, 1.165) is 5.75 Å². The molecule has 2 unspecified atom stereocenters. The summed E-state index contributed by atoms with van der Waals surface area (Å²) in [4.78, 5) is 0. The molecule has 0 spiro atoms. The maximum atomic E-state index is 5.59. The van der Waals surface area contributed by atoms with Gasteiger partial charge in [0.2, 0.25) is 0 Å². The van der Waals surface area contributed by atoms with E-state index in [-0.39, 0.29) is 6.29 Å². The Hall–Kier alpha value is -1.02. The Morgan fingerprint density at radius 2 is 1.67 bits per heavy atom. The molecule has 102 valence electrons. The SMILES string of the molecule is CCC(C)(C)C(C)c1ccc(OC(C)OC)cc1. The predicted octanol–water partition coefficient (Wildman–Crippen LogP) is 4.60. The zero-order valence-corrected chi connectivity index (χ0v) is 12.5. The van der Waals surface area contributed by atoms with E-state index in [0.29, 0.717) is 11.3 Å². The highest BCUT2D eigenvalue weighted by atomic mass is 16.7. The molecular formula is C16H26O2. The average Bonchev–Trinajstić information content (AvgIpc) is 2.38. The molecule has 1 aromatic rings. The molecule has 2 heteroatoms. The molecule has 0 bridgehead atoms. The van der Waals surface area contributed by atoms with Crippen LogP contribution in [-0.4, -0.2) is 13.4 Å². The van der Waals surface area contributed by atoms with Crippen molar-refractivity contribution in [2.45, 2.75) is 53.2 Å². The monoisotopic (exact) mass is 250 g/mol. The minimum atomic E-state index is -0.208. The van der Waals surface area contributed by atoms with Crippen LogP contribution in [0.4, 0.5) is 0 Å². The van der Waals surface area contributed by atoms with Gasteiger partial charge in [0.25, 0.3) is 0 Å². The minimum Gasteiger partial charge on any atom is -0.465 e. The van der Waals surface area contributed by atoms with Gasteiger partial charge < -0.3 is 9.47 Å². The Bertz CT molecular complexity index is 354. The first-order valence-corrected chi connectivity index (χ1v) is 6.70. The first-order chi connectivity index (χ1) is 8.40. The van der Waals surface area contributed by atoms with Crippen LogP contribution >= 0.6 is 0 Å². The Balaban J connectivity index is 2.76. The van der Waals surface area contributed by atoms with Gasteiger partial charge >= 0.3 is 0 Å². The van der Waals surface area contributed by atoms with E-state index in [1.54, 1.807) is 7.11 Å². The smallest absolute Gasteiger partial charge is 0.196 e. The van der Waals surface area contributed by atoms with Gasteiger partial charge in [-0.1, -0.05) is 46.2 Å². The van der Waals surface area contributed by atoms with E-state index < -0.39 is 0 Å². The Labute approximate surface area is 111 Å². The van der Waals surface area contributed by atoms with E-state index in [2.05, 4.69) is 39.8 Å². The van der Waals surface area contributed by atoms with Crippen LogP contribution in [0.25, 0.3) is 0 Å². The maximum Gasteiger partial charge on any atom is 0.196 e. The van der Waals surface area contributed by atoms with Gasteiger partial charge in [-0.2, -0.15) is 0 Å². The lowest BCUT2D eigenvalue weighted by Gasteiger charge is -2.31. The predicted molar refractivity (Wildman–Crippen MR) is 76.0 cm³/mol. The lowest BCUT2D eigenvalue weighted by atomic mass is 9.74. The molecule has 1 rings (SSSR count). The second-order valence-corrected chi connectivity index (χ2v) is 5.55. The van der Waals surface area contributed by atoms with Crippen molar-refractivity contribution in [1.82, 2.24) is 0 Å². The van der Waals surface area contributed by atoms with Crippen LogP contribution in [0.5, 0.6) is 5.75 Å². The number of hydrogen-bond acceptors (Lipinski definition) is 2. The van der Waals surface area contributed by atoms with Gasteiger partial charge in [-0.25, -0.2) is 0 Å². The fraction of sp³-hybridized carbons (Fsp3) is 0.625. The van der Waals surface area contributed by atoms with Crippen LogP contribution in [0.2, 0.25) is 0 Å². The van der Waals surface area contributed by atoms with E-state index in [4.69, 9.17) is 9.47 Å². The van der Waals surface area contributed by atoms with Crippen LogP contribution in [0, 0.1) is 5.41 Å². The summed E-state index contributed by atoms with van der Waals surface area (Å²) in [5.41, 5.74) is 1.68. The van der Waals surface area contributed by atoms with Crippen molar-refractivity contribution in [2.24, 2.45) is 5.41 Å². The van der Waals surface area contributed by atoms with Gasteiger partial charge in [0.1, 0.15) is 5.75 Å². The van der Waals surface area contributed by atoms with Gasteiger partial charge in [0, 0.05) is 7.11 Å². The van der Waals surface area contributed by atoms with Crippen LogP contribution < -0.4 is 4.74 Å². The second kappa shape index (κ2) is 6.24. The van der Waals surface area contributed by atoms with Crippen molar-refractivity contribution in [3.63, 3.8) is 0 Å². The first kappa shape index (κ1) is 15.0. The molecule has 0 radical (unpaired) electrons. The fourth-order valence-corrected chi connectivity index (χ4v) is 1.83. The first-order valence-electron chi connectivity index (χ1n) is 6.70.